The van der Waals surface area contributed by atoms with E-state index in [1.807, 2.05) is 0 Å². The first-order chi connectivity index (χ1) is 7.09. The minimum absolute atomic E-state index is 0.0837. The van der Waals surface area contributed by atoms with Gasteiger partial charge in [0.1, 0.15) is 0 Å². The quantitative estimate of drug-likeness (QED) is 0.752. The molecular formula is C10H15F2N3. The van der Waals surface area contributed by atoms with E-state index in [4.69, 9.17) is 0 Å². The van der Waals surface area contributed by atoms with Crippen molar-refractivity contribution in [3.8, 4) is 0 Å². The predicted octanol–water partition coefficient (Wildman–Crippen LogP) is 2.04. The van der Waals surface area contributed by atoms with Crippen molar-refractivity contribution in [2.24, 2.45) is 0 Å². The van der Waals surface area contributed by atoms with Crippen LogP contribution >= 0.6 is 0 Å². The zero-order valence-corrected chi connectivity index (χ0v) is 8.95. The summed E-state index contributed by atoms with van der Waals surface area (Å²) in [6.07, 6.45) is -1.12. The molecule has 1 aromatic rings. The Hall–Kier alpha value is -0.970. The lowest BCUT2D eigenvalue weighted by atomic mass is 10.2. The lowest BCUT2D eigenvalue weighted by Gasteiger charge is -2.31. The molecule has 0 saturated carbocycles. The molecule has 0 saturated heterocycles. The molecule has 1 aliphatic rings. The van der Waals surface area contributed by atoms with Gasteiger partial charge in [-0.3, -0.25) is 9.58 Å². The maximum absolute atomic E-state index is 12.6. The number of rotatable bonds is 2. The third kappa shape index (κ3) is 1.88. The normalized spacial score (nSPS) is 17.5. The summed E-state index contributed by atoms with van der Waals surface area (Å²) in [5.74, 6) is 0. The predicted molar refractivity (Wildman–Crippen MR) is 52.7 cm³/mol. The number of hydrogen-bond acceptors (Lipinski definition) is 2. The van der Waals surface area contributed by atoms with Crippen LogP contribution in [0.15, 0.2) is 6.20 Å². The van der Waals surface area contributed by atoms with Gasteiger partial charge in [0, 0.05) is 19.1 Å². The van der Waals surface area contributed by atoms with Crippen molar-refractivity contribution in [2.45, 2.75) is 39.4 Å². The number of hydrogen-bond donors (Lipinski definition) is 0. The summed E-state index contributed by atoms with van der Waals surface area (Å²) in [7, 11) is 0. The van der Waals surface area contributed by atoms with Crippen LogP contribution in [-0.4, -0.2) is 27.3 Å². The Bertz CT molecular complexity index is 346. The van der Waals surface area contributed by atoms with Crippen molar-refractivity contribution in [3.63, 3.8) is 0 Å². The molecule has 0 spiro atoms. The molecule has 84 valence electrons. The van der Waals surface area contributed by atoms with Crippen LogP contribution in [0.4, 0.5) is 8.78 Å². The van der Waals surface area contributed by atoms with Gasteiger partial charge < -0.3 is 0 Å². The van der Waals surface area contributed by atoms with Gasteiger partial charge in [-0.1, -0.05) is 0 Å². The lowest BCUT2D eigenvalue weighted by Crippen LogP contribution is -2.38. The van der Waals surface area contributed by atoms with E-state index < -0.39 is 6.43 Å². The molecule has 3 nitrogen and oxygen atoms in total. The smallest absolute Gasteiger partial charge is 0.267 e. The fraction of sp³-hybridized carbons (Fsp3) is 0.700. The zero-order valence-electron chi connectivity index (χ0n) is 8.95. The summed E-state index contributed by atoms with van der Waals surface area (Å²) in [5.41, 5.74) is 0.755. The van der Waals surface area contributed by atoms with Gasteiger partial charge in [0.05, 0.1) is 24.0 Å². The van der Waals surface area contributed by atoms with Crippen LogP contribution in [0.3, 0.4) is 0 Å². The highest BCUT2D eigenvalue weighted by Gasteiger charge is 2.25. The average molecular weight is 215 g/mol. The Kier molecular flexibility index (Phi) is 2.73. The second kappa shape index (κ2) is 3.89. The number of alkyl halides is 2. The minimum atomic E-state index is -2.42. The Morgan fingerprint density at radius 3 is 2.67 bits per heavy atom. The molecule has 0 bridgehead atoms. The van der Waals surface area contributed by atoms with Crippen LogP contribution in [0.25, 0.3) is 0 Å². The van der Waals surface area contributed by atoms with E-state index in [9.17, 15) is 8.78 Å². The summed E-state index contributed by atoms with van der Waals surface area (Å²) < 4.78 is 27.0. The number of aromatic nitrogens is 2. The van der Waals surface area contributed by atoms with E-state index in [1.165, 1.54) is 6.20 Å². The molecule has 1 aromatic heterocycles. The number of fused-ring (bicyclic) bond motifs is 1. The highest BCUT2D eigenvalue weighted by atomic mass is 19.3. The molecule has 5 heteroatoms. The lowest BCUT2D eigenvalue weighted by molar-refractivity contribution is 0.138. The largest absolute Gasteiger partial charge is 0.293 e. The first-order valence-electron chi connectivity index (χ1n) is 5.16. The Labute approximate surface area is 87.7 Å². The molecule has 15 heavy (non-hydrogen) atoms. The molecule has 0 N–H and O–H groups in total. The van der Waals surface area contributed by atoms with Gasteiger partial charge in [0.2, 0.25) is 0 Å². The van der Waals surface area contributed by atoms with Gasteiger partial charge in [-0.2, -0.15) is 5.10 Å². The summed E-state index contributed by atoms with van der Waals surface area (Å²) in [4.78, 5) is 2.18. The average Bonchev–Trinajstić information content (AvgIpc) is 2.59. The van der Waals surface area contributed by atoms with E-state index in [2.05, 4.69) is 23.8 Å². The maximum Gasteiger partial charge on any atom is 0.267 e. The number of nitrogens with zero attached hydrogens (tertiary/aromatic N) is 3. The van der Waals surface area contributed by atoms with Crippen molar-refractivity contribution in [2.75, 3.05) is 6.54 Å². The van der Waals surface area contributed by atoms with Gasteiger partial charge in [-0.15, -0.1) is 0 Å². The fourth-order valence-corrected chi connectivity index (χ4v) is 1.91. The summed E-state index contributed by atoms with van der Waals surface area (Å²) >= 11 is 0. The monoisotopic (exact) mass is 215 g/mol. The molecule has 0 radical (unpaired) electrons. The molecule has 2 heterocycles. The standard InChI is InChI=1S/C10H15F2N3/c1-7(2)14-3-4-15-9(6-14)8(5-13-15)10(11)12/h5,7,10H,3-4,6H2,1-2H3. The molecule has 0 fully saturated rings. The van der Waals surface area contributed by atoms with Crippen LogP contribution in [0.5, 0.6) is 0 Å². The van der Waals surface area contributed by atoms with Crippen molar-refractivity contribution in [3.05, 3.63) is 17.5 Å². The first-order valence-corrected chi connectivity index (χ1v) is 5.16. The van der Waals surface area contributed by atoms with E-state index in [-0.39, 0.29) is 5.56 Å². The Morgan fingerprint density at radius 2 is 2.07 bits per heavy atom. The van der Waals surface area contributed by atoms with E-state index in [0.29, 0.717) is 24.8 Å². The molecule has 0 aromatic carbocycles. The molecule has 1 aliphatic heterocycles. The highest BCUT2D eigenvalue weighted by molar-refractivity contribution is 5.20. The Balaban J connectivity index is 2.26. The number of halogens is 2. The second-order valence-electron chi connectivity index (χ2n) is 4.13. The van der Waals surface area contributed by atoms with Crippen LogP contribution in [0.1, 0.15) is 31.5 Å². The molecule has 2 rings (SSSR count). The molecule has 0 aliphatic carbocycles. The van der Waals surface area contributed by atoms with Gasteiger partial charge in [0.25, 0.3) is 6.43 Å². The van der Waals surface area contributed by atoms with E-state index >= 15 is 0 Å². The van der Waals surface area contributed by atoms with Crippen LogP contribution in [0.2, 0.25) is 0 Å². The zero-order chi connectivity index (χ0) is 11.0. The topological polar surface area (TPSA) is 21.1 Å². The van der Waals surface area contributed by atoms with Gasteiger partial charge >= 0.3 is 0 Å². The first kappa shape index (κ1) is 10.5. The summed E-state index contributed by atoms with van der Waals surface area (Å²) in [6.45, 7) is 6.33. The van der Waals surface area contributed by atoms with E-state index in [0.717, 1.165) is 6.54 Å². The van der Waals surface area contributed by atoms with Crippen molar-refractivity contribution < 1.29 is 8.78 Å². The Morgan fingerprint density at radius 1 is 1.33 bits per heavy atom. The molecule has 0 atom stereocenters. The van der Waals surface area contributed by atoms with Gasteiger partial charge in [-0.05, 0) is 13.8 Å². The van der Waals surface area contributed by atoms with Crippen LogP contribution < -0.4 is 0 Å². The SMILES string of the molecule is CC(C)N1CCn2ncc(C(F)F)c2C1. The summed E-state index contributed by atoms with van der Waals surface area (Å²) in [5, 5.41) is 3.98. The van der Waals surface area contributed by atoms with Crippen LogP contribution in [-0.2, 0) is 13.1 Å². The van der Waals surface area contributed by atoms with Crippen LogP contribution in [0, 0.1) is 0 Å². The molecular weight excluding hydrogens is 200 g/mol. The third-order valence-electron chi connectivity index (χ3n) is 2.90. The van der Waals surface area contributed by atoms with Crippen molar-refractivity contribution >= 4 is 0 Å². The fourth-order valence-electron chi connectivity index (χ4n) is 1.91. The van der Waals surface area contributed by atoms with Crippen molar-refractivity contribution in [1.29, 1.82) is 0 Å². The highest BCUT2D eigenvalue weighted by Crippen LogP contribution is 2.26. The maximum atomic E-state index is 12.6. The van der Waals surface area contributed by atoms with Gasteiger partial charge in [0.15, 0.2) is 0 Å². The molecule has 0 unspecified atom stereocenters. The third-order valence-corrected chi connectivity index (χ3v) is 2.90. The van der Waals surface area contributed by atoms with E-state index in [1.54, 1.807) is 4.68 Å². The van der Waals surface area contributed by atoms with Crippen molar-refractivity contribution in [1.82, 2.24) is 14.7 Å². The second-order valence-corrected chi connectivity index (χ2v) is 4.13. The molecule has 0 amide bonds. The summed E-state index contributed by atoms with van der Waals surface area (Å²) in [6, 6.07) is 0.388. The van der Waals surface area contributed by atoms with Gasteiger partial charge in [-0.25, -0.2) is 8.78 Å². The minimum Gasteiger partial charge on any atom is -0.293 e.